The van der Waals surface area contributed by atoms with Gasteiger partial charge >= 0.3 is 0 Å². The molecule has 0 spiro atoms. The third-order valence-corrected chi connectivity index (χ3v) is 6.23. The highest BCUT2D eigenvalue weighted by Gasteiger charge is 2.15. The van der Waals surface area contributed by atoms with Crippen LogP contribution in [-0.4, -0.2) is 13.0 Å². The lowest BCUT2D eigenvalue weighted by molar-refractivity contribution is 0.594. The summed E-state index contributed by atoms with van der Waals surface area (Å²) in [6.45, 7) is 4.65. The van der Waals surface area contributed by atoms with Gasteiger partial charge in [-0.25, -0.2) is 4.39 Å². The summed E-state index contributed by atoms with van der Waals surface area (Å²) in [7, 11) is -3.88. The van der Waals surface area contributed by atoms with Gasteiger partial charge in [0.05, 0.1) is 15.1 Å². The smallest absolute Gasteiger partial charge is 0.285 e. The third kappa shape index (κ3) is 3.01. The van der Waals surface area contributed by atoms with Gasteiger partial charge in [-0.1, -0.05) is 30.4 Å². The van der Waals surface area contributed by atoms with Crippen molar-refractivity contribution in [2.75, 3.05) is 0 Å². The van der Waals surface area contributed by atoms with Crippen LogP contribution in [0.2, 0.25) is 0 Å². The molecule has 0 saturated heterocycles. The van der Waals surface area contributed by atoms with Crippen LogP contribution in [0.5, 0.6) is 0 Å². The van der Waals surface area contributed by atoms with E-state index in [2.05, 4.69) is 11.3 Å². The Bertz CT molecular complexity index is 1050. The first-order chi connectivity index (χ1) is 11.5. The quantitative estimate of drug-likeness (QED) is 0.708. The molecule has 0 aliphatic carbocycles. The van der Waals surface area contributed by atoms with Crippen molar-refractivity contribution in [3.05, 3.63) is 58.6 Å². The molecule has 7 heteroatoms. The van der Waals surface area contributed by atoms with E-state index in [0.717, 1.165) is 34.3 Å². The summed E-state index contributed by atoms with van der Waals surface area (Å²) in [6.07, 6.45) is 0.859. The number of aryl methyl sites for hydroxylation is 2. The van der Waals surface area contributed by atoms with Gasteiger partial charge in [0.25, 0.3) is 10.0 Å². The molecule has 0 radical (unpaired) electrons. The first-order valence-electron chi connectivity index (χ1n) is 7.64. The zero-order chi connectivity index (χ0) is 17.3. The number of rotatable bonds is 4. The first kappa shape index (κ1) is 16.9. The highest BCUT2D eigenvalue weighted by molar-refractivity contribution is 7.90. The van der Waals surface area contributed by atoms with Crippen LogP contribution in [0.15, 0.2) is 51.8 Å². The van der Waals surface area contributed by atoms with Gasteiger partial charge in [0, 0.05) is 6.54 Å². The summed E-state index contributed by atoms with van der Waals surface area (Å²) in [5.74, 6) is -0.480. The minimum atomic E-state index is -3.88. The zero-order valence-electron chi connectivity index (χ0n) is 13.4. The number of nitrogens with zero attached hydrogens (tertiary/aromatic N) is 2. The van der Waals surface area contributed by atoms with Crippen molar-refractivity contribution in [1.29, 1.82) is 0 Å². The van der Waals surface area contributed by atoms with Crippen molar-refractivity contribution in [2.24, 2.45) is 4.40 Å². The number of fused-ring (bicyclic) bond motifs is 1. The molecular formula is C17H17FN2O2S2. The van der Waals surface area contributed by atoms with E-state index >= 15 is 0 Å². The molecule has 0 aliphatic rings. The standard InChI is InChI=1S/C17H17FN2O2S2/c1-3-12-6-5-7-15-16(12)20(4-2)17(23-15)19-24(21,22)14-10-8-13(18)9-11-14/h5-11H,3-4H2,1-2H3. The van der Waals surface area contributed by atoms with Crippen molar-refractivity contribution in [1.82, 2.24) is 4.57 Å². The Balaban J connectivity index is 2.25. The Morgan fingerprint density at radius 3 is 2.46 bits per heavy atom. The fraction of sp³-hybridized carbons (Fsp3) is 0.235. The van der Waals surface area contributed by atoms with Crippen LogP contribution in [0.4, 0.5) is 4.39 Å². The van der Waals surface area contributed by atoms with E-state index in [0.29, 0.717) is 11.3 Å². The molecule has 0 aliphatic heterocycles. The maximum atomic E-state index is 13.0. The summed E-state index contributed by atoms with van der Waals surface area (Å²) < 4.78 is 45.0. The van der Waals surface area contributed by atoms with Crippen LogP contribution in [0.25, 0.3) is 10.2 Å². The van der Waals surface area contributed by atoms with Gasteiger partial charge in [0.1, 0.15) is 5.82 Å². The van der Waals surface area contributed by atoms with Gasteiger partial charge in [0.15, 0.2) is 0 Å². The molecule has 3 rings (SSSR count). The second-order valence-corrected chi connectivity index (χ2v) is 7.88. The molecule has 0 saturated carbocycles. The van der Waals surface area contributed by atoms with Gasteiger partial charge in [-0.2, -0.15) is 8.42 Å². The molecule has 0 N–H and O–H groups in total. The number of para-hydroxylation sites is 1. The summed E-state index contributed by atoms with van der Waals surface area (Å²) in [5, 5.41) is 0. The minimum absolute atomic E-state index is 0.0141. The van der Waals surface area contributed by atoms with Crippen LogP contribution in [0.3, 0.4) is 0 Å². The van der Waals surface area contributed by atoms with Crippen molar-refractivity contribution in [3.8, 4) is 0 Å². The Morgan fingerprint density at radius 2 is 1.83 bits per heavy atom. The van der Waals surface area contributed by atoms with E-state index in [-0.39, 0.29) is 4.90 Å². The molecule has 3 aromatic rings. The minimum Gasteiger partial charge on any atom is -0.316 e. The highest BCUT2D eigenvalue weighted by atomic mass is 32.2. The molecule has 1 heterocycles. The van der Waals surface area contributed by atoms with Gasteiger partial charge in [-0.05, 0) is 49.2 Å². The maximum Gasteiger partial charge on any atom is 0.285 e. The molecular weight excluding hydrogens is 347 g/mol. The molecule has 0 atom stereocenters. The highest BCUT2D eigenvalue weighted by Crippen LogP contribution is 2.22. The maximum absolute atomic E-state index is 13.0. The summed E-state index contributed by atoms with van der Waals surface area (Å²) in [4.78, 5) is 0.414. The molecule has 1 aromatic heterocycles. The zero-order valence-corrected chi connectivity index (χ0v) is 15.0. The van der Waals surface area contributed by atoms with Crippen molar-refractivity contribution < 1.29 is 12.8 Å². The monoisotopic (exact) mass is 364 g/mol. The fourth-order valence-electron chi connectivity index (χ4n) is 2.61. The van der Waals surface area contributed by atoms with Crippen LogP contribution in [0, 0.1) is 5.82 Å². The molecule has 4 nitrogen and oxygen atoms in total. The normalized spacial score (nSPS) is 12.9. The number of benzene rings is 2. The van der Waals surface area contributed by atoms with Gasteiger partial charge in [0.2, 0.25) is 4.80 Å². The lowest BCUT2D eigenvalue weighted by Gasteiger charge is -2.05. The molecule has 0 amide bonds. The Labute approximate surface area is 144 Å². The largest absolute Gasteiger partial charge is 0.316 e. The Morgan fingerprint density at radius 1 is 1.12 bits per heavy atom. The summed E-state index contributed by atoms with van der Waals surface area (Å²) in [6, 6.07) is 10.7. The Hall–Kier alpha value is -1.99. The molecule has 0 unspecified atom stereocenters. The number of thiazole rings is 1. The summed E-state index contributed by atoms with van der Waals surface area (Å²) >= 11 is 1.35. The average Bonchev–Trinajstić information content (AvgIpc) is 2.91. The number of halogens is 1. The topological polar surface area (TPSA) is 51.4 Å². The number of aromatic nitrogens is 1. The molecule has 0 bridgehead atoms. The number of sulfonamides is 1. The third-order valence-electron chi connectivity index (χ3n) is 3.79. The second kappa shape index (κ2) is 6.49. The van der Waals surface area contributed by atoms with E-state index in [9.17, 15) is 12.8 Å². The summed E-state index contributed by atoms with van der Waals surface area (Å²) in [5.41, 5.74) is 2.19. The lowest BCUT2D eigenvalue weighted by Crippen LogP contribution is -2.16. The Kier molecular flexibility index (Phi) is 4.56. The van der Waals surface area contributed by atoms with Gasteiger partial charge in [-0.15, -0.1) is 4.40 Å². The van der Waals surface area contributed by atoms with Crippen molar-refractivity contribution in [2.45, 2.75) is 31.7 Å². The van der Waals surface area contributed by atoms with E-state index in [4.69, 9.17) is 0 Å². The van der Waals surface area contributed by atoms with Gasteiger partial charge in [-0.3, -0.25) is 0 Å². The molecule has 126 valence electrons. The average molecular weight is 364 g/mol. The fourth-order valence-corrected chi connectivity index (χ4v) is 4.96. The van der Waals surface area contributed by atoms with Crippen LogP contribution in [0.1, 0.15) is 19.4 Å². The van der Waals surface area contributed by atoms with E-state index in [1.807, 2.05) is 29.7 Å². The number of hydrogen-bond donors (Lipinski definition) is 0. The van der Waals surface area contributed by atoms with E-state index < -0.39 is 15.8 Å². The molecule has 24 heavy (non-hydrogen) atoms. The number of hydrogen-bond acceptors (Lipinski definition) is 3. The van der Waals surface area contributed by atoms with Crippen LogP contribution in [-0.2, 0) is 23.0 Å². The van der Waals surface area contributed by atoms with Crippen molar-refractivity contribution in [3.63, 3.8) is 0 Å². The molecule has 2 aromatic carbocycles. The first-order valence-corrected chi connectivity index (χ1v) is 9.89. The second-order valence-electron chi connectivity index (χ2n) is 5.27. The van der Waals surface area contributed by atoms with Gasteiger partial charge < -0.3 is 4.57 Å². The van der Waals surface area contributed by atoms with Crippen molar-refractivity contribution >= 4 is 31.6 Å². The lowest BCUT2D eigenvalue weighted by atomic mass is 10.1. The van der Waals surface area contributed by atoms with E-state index in [1.54, 1.807) is 0 Å². The predicted molar refractivity (Wildman–Crippen MR) is 94.0 cm³/mol. The SMILES string of the molecule is CCc1cccc2sc(=NS(=O)(=O)c3ccc(F)cc3)n(CC)c12. The predicted octanol–water partition coefficient (Wildman–Crippen LogP) is 3.71. The molecule has 0 fully saturated rings. The van der Waals surface area contributed by atoms with E-state index in [1.165, 1.54) is 23.5 Å². The van der Waals surface area contributed by atoms with Crippen LogP contribution < -0.4 is 4.80 Å². The van der Waals surface area contributed by atoms with Crippen LogP contribution >= 0.6 is 11.3 Å².